The predicted molar refractivity (Wildman–Crippen MR) is 138 cm³/mol. The third kappa shape index (κ3) is 4.38. The van der Waals surface area contributed by atoms with Crippen molar-refractivity contribution in [3.05, 3.63) is 89.3 Å². The van der Waals surface area contributed by atoms with E-state index in [1.807, 2.05) is 60.7 Å². The maximum Gasteiger partial charge on any atom is 0.355 e. The topological polar surface area (TPSA) is 110 Å². The first-order chi connectivity index (χ1) is 17.6. The van der Waals surface area contributed by atoms with Crippen LogP contribution >= 0.6 is 11.6 Å². The SMILES string of the molecule is CCCCc1nc(-c2ccccc2Cl)c(C(=O)O)n1-c1ccc(-c2ccccc2-c2nn[nH]n2)cc1. The first-order valence-corrected chi connectivity index (χ1v) is 12.0. The van der Waals surface area contributed by atoms with Gasteiger partial charge in [0.05, 0.1) is 5.02 Å². The number of H-pyrrole nitrogens is 1. The monoisotopic (exact) mass is 498 g/mol. The molecule has 2 N–H and O–H groups in total. The smallest absolute Gasteiger partial charge is 0.355 e. The molecule has 180 valence electrons. The van der Waals surface area contributed by atoms with Crippen LogP contribution < -0.4 is 0 Å². The Hall–Kier alpha value is -4.30. The number of aryl methyl sites for hydroxylation is 1. The third-order valence-corrected chi connectivity index (χ3v) is 6.31. The van der Waals surface area contributed by atoms with Gasteiger partial charge in [-0.25, -0.2) is 9.78 Å². The van der Waals surface area contributed by atoms with Gasteiger partial charge in [0.2, 0.25) is 5.82 Å². The first-order valence-electron chi connectivity index (χ1n) is 11.6. The molecular formula is C27H23ClN6O2. The highest BCUT2D eigenvalue weighted by Crippen LogP contribution is 2.34. The molecule has 0 radical (unpaired) electrons. The summed E-state index contributed by atoms with van der Waals surface area (Å²) < 4.78 is 1.73. The van der Waals surface area contributed by atoms with E-state index in [9.17, 15) is 9.90 Å². The number of aromatic nitrogens is 6. The Kier molecular flexibility index (Phi) is 6.60. The molecule has 0 atom stereocenters. The highest BCUT2D eigenvalue weighted by atomic mass is 35.5. The largest absolute Gasteiger partial charge is 0.476 e. The average molecular weight is 499 g/mol. The molecule has 9 heteroatoms. The van der Waals surface area contributed by atoms with Crippen LogP contribution in [0.5, 0.6) is 0 Å². The summed E-state index contributed by atoms with van der Waals surface area (Å²) in [5, 5.41) is 25.1. The highest BCUT2D eigenvalue weighted by Gasteiger charge is 2.26. The summed E-state index contributed by atoms with van der Waals surface area (Å²) in [6, 6.07) is 22.7. The van der Waals surface area contributed by atoms with E-state index in [-0.39, 0.29) is 5.69 Å². The standard InChI is InChI=1S/C27H23ClN6O2/c1-2-3-12-23-29-24(21-10-6-7-11-22(21)28)25(27(35)36)34(23)18-15-13-17(14-16-18)19-8-4-5-9-20(19)26-30-32-33-31-26/h4-11,13-16H,2-3,12H2,1H3,(H,35,36)(H,30,31,32,33). The van der Waals surface area contributed by atoms with Crippen molar-refractivity contribution in [1.82, 2.24) is 30.2 Å². The third-order valence-electron chi connectivity index (χ3n) is 5.98. The maximum atomic E-state index is 12.5. The zero-order valence-corrected chi connectivity index (χ0v) is 20.3. The lowest BCUT2D eigenvalue weighted by Gasteiger charge is -2.12. The van der Waals surface area contributed by atoms with Crippen LogP contribution in [0.4, 0.5) is 0 Å². The van der Waals surface area contributed by atoms with Gasteiger partial charge < -0.3 is 5.11 Å². The number of halogens is 1. The number of aromatic amines is 1. The summed E-state index contributed by atoms with van der Waals surface area (Å²) in [7, 11) is 0. The summed E-state index contributed by atoms with van der Waals surface area (Å²) in [5.41, 5.74) is 4.50. The number of nitrogens with one attached hydrogen (secondary N) is 1. The van der Waals surface area contributed by atoms with Crippen LogP contribution in [-0.2, 0) is 6.42 Å². The number of benzene rings is 3. The summed E-state index contributed by atoms with van der Waals surface area (Å²) in [6.45, 7) is 2.09. The van der Waals surface area contributed by atoms with Gasteiger partial charge in [0.25, 0.3) is 0 Å². The number of hydrogen-bond donors (Lipinski definition) is 2. The second-order valence-electron chi connectivity index (χ2n) is 8.28. The van der Waals surface area contributed by atoms with E-state index in [4.69, 9.17) is 16.6 Å². The number of tetrazole rings is 1. The predicted octanol–water partition coefficient (Wildman–Crippen LogP) is 6.08. The zero-order valence-electron chi connectivity index (χ0n) is 19.5. The molecule has 0 unspecified atom stereocenters. The van der Waals surface area contributed by atoms with E-state index < -0.39 is 5.97 Å². The molecular weight excluding hydrogens is 476 g/mol. The van der Waals surface area contributed by atoms with Crippen LogP contribution in [0.1, 0.15) is 36.1 Å². The maximum absolute atomic E-state index is 12.5. The number of aromatic carboxylic acids is 1. The first kappa shape index (κ1) is 23.4. The second-order valence-corrected chi connectivity index (χ2v) is 8.68. The van der Waals surface area contributed by atoms with Gasteiger partial charge >= 0.3 is 5.97 Å². The fourth-order valence-electron chi connectivity index (χ4n) is 4.28. The van der Waals surface area contributed by atoms with E-state index in [2.05, 4.69) is 27.5 Å². The van der Waals surface area contributed by atoms with E-state index in [0.717, 1.165) is 29.5 Å². The number of unbranched alkanes of at least 4 members (excludes halogenated alkanes) is 1. The molecule has 5 rings (SSSR count). The molecule has 0 fully saturated rings. The van der Waals surface area contributed by atoms with E-state index in [1.165, 1.54) is 0 Å². The van der Waals surface area contributed by atoms with Crippen LogP contribution in [0.25, 0.3) is 39.5 Å². The van der Waals surface area contributed by atoms with Gasteiger partial charge in [-0.15, -0.1) is 10.2 Å². The molecule has 2 heterocycles. The Labute approximate surface area is 212 Å². The molecule has 8 nitrogen and oxygen atoms in total. The fraction of sp³-hybridized carbons (Fsp3) is 0.148. The minimum absolute atomic E-state index is 0.0918. The average Bonchev–Trinajstić information content (AvgIpc) is 3.56. The highest BCUT2D eigenvalue weighted by molar-refractivity contribution is 6.33. The van der Waals surface area contributed by atoms with E-state index >= 15 is 0 Å². The number of rotatable bonds is 8. The van der Waals surface area contributed by atoms with E-state index in [1.54, 1.807) is 16.7 Å². The second kappa shape index (κ2) is 10.1. The number of hydrogen-bond acceptors (Lipinski definition) is 5. The molecule has 0 bridgehead atoms. The molecule has 0 saturated carbocycles. The summed E-state index contributed by atoms with van der Waals surface area (Å²) in [6.07, 6.45) is 2.49. The Morgan fingerprint density at radius 2 is 1.67 bits per heavy atom. The van der Waals surface area contributed by atoms with Crippen LogP contribution in [0.15, 0.2) is 72.8 Å². The van der Waals surface area contributed by atoms with Gasteiger partial charge in [-0.3, -0.25) is 4.57 Å². The fourth-order valence-corrected chi connectivity index (χ4v) is 4.51. The van der Waals surface area contributed by atoms with Gasteiger partial charge in [0.15, 0.2) is 5.69 Å². The number of nitrogens with zero attached hydrogens (tertiary/aromatic N) is 5. The van der Waals surface area contributed by atoms with Crippen LogP contribution in [-0.4, -0.2) is 41.3 Å². The van der Waals surface area contributed by atoms with Crippen LogP contribution in [0.3, 0.4) is 0 Å². The number of carboxylic acids is 1. The Bertz CT molecular complexity index is 1510. The van der Waals surface area contributed by atoms with E-state index in [0.29, 0.717) is 40.0 Å². The number of imidazole rings is 1. The molecule has 0 amide bonds. The van der Waals surface area contributed by atoms with Crippen molar-refractivity contribution < 1.29 is 9.90 Å². The Morgan fingerprint density at radius 3 is 2.31 bits per heavy atom. The van der Waals surface area contributed by atoms with Gasteiger partial charge in [-0.05, 0) is 41.0 Å². The molecule has 36 heavy (non-hydrogen) atoms. The summed E-state index contributed by atoms with van der Waals surface area (Å²) in [5.74, 6) is 0.125. The molecule has 0 aliphatic heterocycles. The zero-order chi connectivity index (χ0) is 25.1. The Balaban J connectivity index is 1.63. The van der Waals surface area contributed by atoms with Crippen molar-refractivity contribution in [2.24, 2.45) is 0 Å². The van der Waals surface area contributed by atoms with Crippen molar-refractivity contribution in [2.75, 3.05) is 0 Å². The van der Waals surface area contributed by atoms with Crippen molar-refractivity contribution in [2.45, 2.75) is 26.2 Å². The lowest BCUT2D eigenvalue weighted by atomic mass is 9.99. The molecule has 5 aromatic rings. The van der Waals surface area contributed by atoms with Crippen LogP contribution in [0, 0.1) is 0 Å². The van der Waals surface area contributed by atoms with Gasteiger partial charge in [-0.1, -0.05) is 79.5 Å². The molecule has 0 aliphatic carbocycles. The lowest BCUT2D eigenvalue weighted by molar-refractivity contribution is 0.0688. The van der Waals surface area contributed by atoms with Crippen molar-refractivity contribution in [3.8, 4) is 39.5 Å². The summed E-state index contributed by atoms with van der Waals surface area (Å²) in [4.78, 5) is 17.3. The normalized spacial score (nSPS) is 11.1. The van der Waals surface area contributed by atoms with Crippen LogP contribution in [0.2, 0.25) is 5.02 Å². The minimum atomic E-state index is -1.06. The van der Waals surface area contributed by atoms with Gasteiger partial charge in [-0.2, -0.15) is 5.21 Å². The Morgan fingerprint density at radius 1 is 0.972 bits per heavy atom. The van der Waals surface area contributed by atoms with Crippen molar-refractivity contribution in [1.29, 1.82) is 0 Å². The number of carbonyl (C=O) groups is 1. The molecule has 2 aromatic heterocycles. The number of carboxylic acid groups (broad SMARTS) is 1. The lowest BCUT2D eigenvalue weighted by Crippen LogP contribution is -2.10. The molecule has 0 aliphatic rings. The quantitative estimate of drug-likeness (QED) is 0.268. The minimum Gasteiger partial charge on any atom is -0.476 e. The molecule has 0 saturated heterocycles. The molecule has 0 spiro atoms. The van der Waals surface area contributed by atoms with Crippen molar-refractivity contribution >= 4 is 17.6 Å². The van der Waals surface area contributed by atoms with Gasteiger partial charge in [0.1, 0.15) is 11.5 Å². The molecule has 3 aromatic carbocycles. The summed E-state index contributed by atoms with van der Waals surface area (Å²) >= 11 is 6.43. The van der Waals surface area contributed by atoms with Crippen molar-refractivity contribution in [3.63, 3.8) is 0 Å². The van der Waals surface area contributed by atoms with Gasteiger partial charge in [0, 0.05) is 23.2 Å².